The van der Waals surface area contributed by atoms with E-state index in [0.29, 0.717) is 0 Å². The Labute approximate surface area is 52.8 Å². The molecule has 0 atom stereocenters. The fourth-order valence-corrected chi connectivity index (χ4v) is 2.09. The maximum Gasteiger partial charge on any atom is 0.0347 e. The van der Waals surface area contributed by atoms with Crippen LogP contribution in [0.15, 0.2) is 0 Å². The minimum absolute atomic E-state index is 1.05. The van der Waals surface area contributed by atoms with E-state index in [2.05, 4.69) is 4.72 Å². The summed E-state index contributed by atoms with van der Waals surface area (Å²) < 4.78 is 4.17. The van der Waals surface area contributed by atoms with Crippen LogP contribution < -0.4 is 4.72 Å². The number of nitrogens with zero attached hydrogens (tertiary/aromatic N) is 1. The highest BCUT2D eigenvalue weighted by molar-refractivity contribution is 8.02. The van der Waals surface area contributed by atoms with Crippen LogP contribution in [-0.4, -0.2) is 23.8 Å². The third-order valence-electron chi connectivity index (χ3n) is 0.737. The van der Waals surface area contributed by atoms with Crippen molar-refractivity contribution in [2.75, 3.05) is 23.8 Å². The third-order valence-corrected chi connectivity index (χ3v) is 2.71. The first-order valence-corrected chi connectivity index (χ1v) is 4.46. The van der Waals surface area contributed by atoms with E-state index >= 15 is 0 Å². The number of rotatable bonds is 0. The van der Waals surface area contributed by atoms with E-state index < -0.39 is 0 Å². The predicted octanol–water partition coefficient (Wildman–Crippen LogP) is 0.986. The summed E-state index contributed by atoms with van der Waals surface area (Å²) in [5.74, 6) is 3.73. The molecule has 1 nitrogen and oxygen atoms in total. The number of hydrogen-bond donors (Lipinski definition) is 0. The summed E-state index contributed by atoms with van der Waals surface area (Å²) in [4.78, 5) is 0. The van der Waals surface area contributed by atoms with Crippen molar-refractivity contribution in [1.29, 1.82) is 0 Å². The van der Waals surface area contributed by atoms with Crippen molar-refractivity contribution in [2.45, 2.75) is 0 Å². The quantitative estimate of drug-likeness (QED) is 0.459. The highest BCUT2D eigenvalue weighted by Crippen LogP contribution is 2.08. The van der Waals surface area contributed by atoms with Gasteiger partial charge >= 0.3 is 0 Å². The Bertz CT molecular complexity index is 29.3. The zero-order valence-electron chi connectivity index (χ0n) is 4.09. The Kier molecular flexibility index (Phi) is 3.01. The van der Waals surface area contributed by atoms with Crippen molar-refractivity contribution in [2.24, 2.45) is 0 Å². The highest BCUT2D eigenvalue weighted by atomic mass is 32.2. The lowest BCUT2D eigenvalue weighted by molar-refractivity contribution is 1.04. The van der Waals surface area contributed by atoms with Crippen molar-refractivity contribution in [3.05, 3.63) is 0 Å². The van der Waals surface area contributed by atoms with Crippen LogP contribution in [0.25, 0.3) is 0 Å². The second kappa shape index (κ2) is 3.64. The minimum Gasteiger partial charge on any atom is -0.174 e. The average molecular weight is 134 g/mol. The van der Waals surface area contributed by atoms with Crippen LogP contribution >= 0.6 is 23.7 Å². The van der Waals surface area contributed by atoms with E-state index in [1.54, 1.807) is 11.9 Å². The molecule has 1 radical (unpaired) electrons. The second-order valence-corrected chi connectivity index (χ2v) is 3.45. The molecular weight excluding hydrogens is 126 g/mol. The molecule has 0 aromatic heterocycles. The molecule has 0 aliphatic carbocycles. The summed E-state index contributed by atoms with van der Waals surface area (Å²) in [7, 11) is 0. The molecular formula is C4H8NS2. The molecule has 0 aromatic carbocycles. The van der Waals surface area contributed by atoms with Gasteiger partial charge in [0.2, 0.25) is 0 Å². The van der Waals surface area contributed by atoms with E-state index in [1.807, 2.05) is 11.8 Å². The summed E-state index contributed by atoms with van der Waals surface area (Å²) in [5, 5.41) is 0. The number of thioether (sulfide) groups is 1. The van der Waals surface area contributed by atoms with Crippen molar-refractivity contribution in [3.8, 4) is 0 Å². The van der Waals surface area contributed by atoms with E-state index in [-0.39, 0.29) is 0 Å². The highest BCUT2D eigenvalue weighted by Gasteiger charge is 1.96. The SMILES string of the molecule is C1CSCCS[N]1. The Balaban J connectivity index is 2.04. The molecule has 3 heteroatoms. The van der Waals surface area contributed by atoms with Gasteiger partial charge in [0.25, 0.3) is 0 Å². The molecule has 0 bridgehead atoms. The molecule has 7 heavy (non-hydrogen) atoms. The van der Waals surface area contributed by atoms with E-state index in [4.69, 9.17) is 0 Å². The van der Waals surface area contributed by atoms with Gasteiger partial charge in [0.15, 0.2) is 0 Å². The molecule has 1 rings (SSSR count). The summed E-state index contributed by atoms with van der Waals surface area (Å²) in [6.45, 7) is 1.05. The van der Waals surface area contributed by atoms with E-state index in [0.717, 1.165) is 6.54 Å². The number of hydrogen-bond acceptors (Lipinski definition) is 2. The van der Waals surface area contributed by atoms with Crippen LogP contribution in [0.4, 0.5) is 0 Å². The van der Waals surface area contributed by atoms with Gasteiger partial charge in [-0.1, -0.05) is 11.9 Å². The smallest absolute Gasteiger partial charge is 0.0347 e. The van der Waals surface area contributed by atoms with Crippen molar-refractivity contribution in [3.63, 3.8) is 0 Å². The molecule has 0 saturated carbocycles. The summed E-state index contributed by atoms with van der Waals surface area (Å²) in [6.07, 6.45) is 0. The van der Waals surface area contributed by atoms with Gasteiger partial charge in [-0.3, -0.25) is 0 Å². The van der Waals surface area contributed by atoms with Gasteiger partial charge in [-0.05, 0) is 0 Å². The van der Waals surface area contributed by atoms with Crippen LogP contribution in [0.2, 0.25) is 0 Å². The van der Waals surface area contributed by atoms with Gasteiger partial charge in [0, 0.05) is 23.8 Å². The van der Waals surface area contributed by atoms with E-state index in [1.165, 1.54) is 17.3 Å². The molecule has 1 fully saturated rings. The fraction of sp³-hybridized carbons (Fsp3) is 1.00. The van der Waals surface area contributed by atoms with Gasteiger partial charge < -0.3 is 0 Å². The van der Waals surface area contributed by atoms with Gasteiger partial charge in [-0.2, -0.15) is 16.5 Å². The molecule has 0 amide bonds. The fourth-order valence-electron chi connectivity index (χ4n) is 0.429. The van der Waals surface area contributed by atoms with Gasteiger partial charge in [0.05, 0.1) is 0 Å². The molecule has 1 aliphatic rings. The topological polar surface area (TPSA) is 14.1 Å². The van der Waals surface area contributed by atoms with Gasteiger partial charge in [-0.25, -0.2) is 0 Å². The summed E-state index contributed by atoms with van der Waals surface area (Å²) >= 11 is 3.72. The Hall–Kier alpha value is 0.660. The zero-order valence-corrected chi connectivity index (χ0v) is 5.73. The van der Waals surface area contributed by atoms with Gasteiger partial charge in [-0.15, -0.1) is 0 Å². The standard InChI is InChI=1S/C4H8NS2/c1-2-6-3-4-7-5-1/h1-4H2. The molecule has 1 heterocycles. The Morgan fingerprint density at radius 3 is 3.14 bits per heavy atom. The average Bonchev–Trinajstić information content (AvgIpc) is 1.90. The maximum atomic E-state index is 4.17. The first-order chi connectivity index (χ1) is 3.50. The Morgan fingerprint density at radius 1 is 1.14 bits per heavy atom. The lowest BCUT2D eigenvalue weighted by Gasteiger charge is -1.86. The second-order valence-electron chi connectivity index (χ2n) is 1.30. The van der Waals surface area contributed by atoms with Crippen LogP contribution in [0.3, 0.4) is 0 Å². The molecule has 41 valence electrons. The minimum atomic E-state index is 1.05. The zero-order chi connectivity index (χ0) is 4.95. The van der Waals surface area contributed by atoms with Gasteiger partial charge in [0.1, 0.15) is 0 Å². The lowest BCUT2D eigenvalue weighted by Crippen LogP contribution is -1.95. The van der Waals surface area contributed by atoms with Crippen LogP contribution in [0, 0.1) is 0 Å². The first kappa shape index (κ1) is 5.79. The third kappa shape index (κ3) is 2.46. The first-order valence-electron chi connectivity index (χ1n) is 2.36. The van der Waals surface area contributed by atoms with Crippen molar-refractivity contribution in [1.82, 2.24) is 4.72 Å². The Morgan fingerprint density at radius 2 is 2.14 bits per heavy atom. The maximum absolute atomic E-state index is 4.17. The lowest BCUT2D eigenvalue weighted by atomic mass is 10.8. The molecule has 1 saturated heterocycles. The van der Waals surface area contributed by atoms with Crippen molar-refractivity contribution >= 4 is 23.7 Å². The van der Waals surface area contributed by atoms with Crippen LogP contribution in [0.5, 0.6) is 0 Å². The molecule has 1 aliphatic heterocycles. The monoisotopic (exact) mass is 134 g/mol. The summed E-state index contributed by atoms with van der Waals surface area (Å²) in [5.41, 5.74) is 0. The molecule has 0 aromatic rings. The van der Waals surface area contributed by atoms with Crippen LogP contribution in [0.1, 0.15) is 0 Å². The van der Waals surface area contributed by atoms with Crippen LogP contribution in [-0.2, 0) is 0 Å². The normalized spacial score (nSPS) is 24.0. The molecule has 0 spiro atoms. The molecule has 0 unspecified atom stereocenters. The van der Waals surface area contributed by atoms with Crippen molar-refractivity contribution < 1.29 is 0 Å². The molecule has 0 N–H and O–H groups in total. The largest absolute Gasteiger partial charge is 0.174 e. The predicted molar refractivity (Wildman–Crippen MR) is 36.8 cm³/mol. The van der Waals surface area contributed by atoms with E-state index in [9.17, 15) is 0 Å². The summed E-state index contributed by atoms with van der Waals surface area (Å²) in [6, 6.07) is 0.